The van der Waals surface area contributed by atoms with Gasteiger partial charge in [0.15, 0.2) is 0 Å². The van der Waals surface area contributed by atoms with Crippen LogP contribution in [0.4, 0.5) is 5.69 Å². The molecule has 1 aliphatic heterocycles. The van der Waals surface area contributed by atoms with Gasteiger partial charge < -0.3 is 15.0 Å². The Morgan fingerprint density at radius 2 is 2.10 bits per heavy atom. The van der Waals surface area contributed by atoms with E-state index in [2.05, 4.69) is 20.2 Å². The summed E-state index contributed by atoms with van der Waals surface area (Å²) in [5.74, 6) is 0.784. The molecule has 0 bridgehead atoms. The highest BCUT2D eigenvalue weighted by molar-refractivity contribution is 5.48. The molecule has 0 amide bonds. The largest absolute Gasteiger partial charge is 0.486 e. The molecule has 2 aromatic rings. The molecular formula is C15H18N4O. The minimum Gasteiger partial charge on any atom is -0.486 e. The molecule has 20 heavy (non-hydrogen) atoms. The predicted molar refractivity (Wildman–Crippen MR) is 77.9 cm³/mol. The number of anilines is 1. The molecule has 1 saturated heterocycles. The molecule has 3 heterocycles. The smallest absolute Gasteiger partial charge is 0.140 e. The van der Waals surface area contributed by atoms with Crippen molar-refractivity contribution >= 4 is 5.69 Å². The molecule has 0 unspecified atom stereocenters. The van der Waals surface area contributed by atoms with Crippen LogP contribution in [-0.4, -0.2) is 36.1 Å². The highest BCUT2D eigenvalue weighted by atomic mass is 16.5. The minimum absolute atomic E-state index is 0.466. The third-order valence-electron chi connectivity index (χ3n) is 3.29. The quantitative estimate of drug-likeness (QED) is 0.911. The SMILES string of the molecule is c1ccc(COc2cncc(N3CCNCC3)c2)nc1. The fourth-order valence-corrected chi connectivity index (χ4v) is 2.22. The Kier molecular flexibility index (Phi) is 4.08. The van der Waals surface area contributed by atoms with E-state index in [4.69, 9.17) is 4.74 Å². The highest BCUT2D eigenvalue weighted by Crippen LogP contribution is 2.20. The Bertz CT molecular complexity index is 541. The normalized spacial score (nSPS) is 15.1. The van der Waals surface area contributed by atoms with Crippen LogP contribution in [0.5, 0.6) is 5.75 Å². The summed E-state index contributed by atoms with van der Waals surface area (Å²) in [7, 11) is 0. The maximum atomic E-state index is 5.76. The zero-order valence-electron chi connectivity index (χ0n) is 11.3. The van der Waals surface area contributed by atoms with Gasteiger partial charge in [-0.2, -0.15) is 0 Å². The first-order valence-corrected chi connectivity index (χ1v) is 6.85. The molecule has 1 N–H and O–H groups in total. The van der Waals surface area contributed by atoms with Gasteiger partial charge in [0.25, 0.3) is 0 Å². The fourth-order valence-electron chi connectivity index (χ4n) is 2.22. The van der Waals surface area contributed by atoms with E-state index in [9.17, 15) is 0 Å². The maximum absolute atomic E-state index is 5.76. The van der Waals surface area contributed by atoms with Gasteiger partial charge in [-0.05, 0) is 12.1 Å². The Morgan fingerprint density at radius 1 is 1.20 bits per heavy atom. The summed E-state index contributed by atoms with van der Waals surface area (Å²) in [5, 5.41) is 3.34. The van der Waals surface area contributed by atoms with Crippen molar-refractivity contribution in [2.75, 3.05) is 31.1 Å². The third kappa shape index (κ3) is 3.24. The first-order chi connectivity index (χ1) is 9.92. The number of hydrogen-bond donors (Lipinski definition) is 1. The van der Waals surface area contributed by atoms with Gasteiger partial charge in [-0.3, -0.25) is 9.97 Å². The number of rotatable bonds is 4. The van der Waals surface area contributed by atoms with Crippen LogP contribution in [0.1, 0.15) is 5.69 Å². The predicted octanol–water partition coefficient (Wildman–Crippen LogP) is 1.47. The molecule has 0 aromatic carbocycles. The van der Waals surface area contributed by atoms with E-state index < -0.39 is 0 Å². The number of ether oxygens (including phenoxy) is 1. The minimum atomic E-state index is 0.466. The van der Waals surface area contributed by atoms with Crippen molar-refractivity contribution in [3.05, 3.63) is 48.5 Å². The average molecular weight is 270 g/mol. The Labute approximate surface area is 118 Å². The Balaban J connectivity index is 1.65. The second kappa shape index (κ2) is 6.34. The van der Waals surface area contributed by atoms with Crippen LogP contribution in [-0.2, 0) is 6.61 Å². The lowest BCUT2D eigenvalue weighted by molar-refractivity contribution is 0.300. The number of pyridine rings is 2. The molecular weight excluding hydrogens is 252 g/mol. The molecule has 0 spiro atoms. The van der Waals surface area contributed by atoms with Crippen molar-refractivity contribution in [2.24, 2.45) is 0 Å². The summed E-state index contributed by atoms with van der Waals surface area (Å²) in [6.07, 6.45) is 5.40. The number of nitrogens with zero attached hydrogens (tertiary/aromatic N) is 3. The van der Waals surface area contributed by atoms with Crippen molar-refractivity contribution < 1.29 is 4.74 Å². The lowest BCUT2D eigenvalue weighted by Gasteiger charge is -2.29. The summed E-state index contributed by atoms with van der Waals surface area (Å²) in [4.78, 5) is 10.8. The van der Waals surface area contributed by atoms with Crippen molar-refractivity contribution in [1.29, 1.82) is 0 Å². The molecule has 5 nitrogen and oxygen atoms in total. The summed E-state index contributed by atoms with van der Waals surface area (Å²) in [6, 6.07) is 7.85. The van der Waals surface area contributed by atoms with Crippen LogP contribution < -0.4 is 15.0 Å². The molecule has 0 saturated carbocycles. The molecule has 1 aliphatic rings. The van der Waals surface area contributed by atoms with Crippen molar-refractivity contribution in [3.8, 4) is 5.75 Å². The third-order valence-corrected chi connectivity index (χ3v) is 3.29. The molecule has 0 atom stereocenters. The summed E-state index contributed by atoms with van der Waals surface area (Å²) >= 11 is 0. The van der Waals surface area contributed by atoms with Gasteiger partial charge in [0, 0.05) is 38.4 Å². The van der Waals surface area contributed by atoms with Crippen molar-refractivity contribution in [3.63, 3.8) is 0 Å². The zero-order valence-corrected chi connectivity index (χ0v) is 11.3. The van der Waals surface area contributed by atoms with Gasteiger partial charge in [-0.1, -0.05) is 6.07 Å². The second-order valence-electron chi connectivity index (χ2n) is 4.73. The zero-order chi connectivity index (χ0) is 13.6. The first-order valence-electron chi connectivity index (χ1n) is 6.85. The van der Waals surface area contributed by atoms with Crippen LogP contribution in [0, 0.1) is 0 Å². The Hall–Kier alpha value is -2.14. The van der Waals surface area contributed by atoms with Crippen LogP contribution in [0.2, 0.25) is 0 Å². The molecule has 0 aliphatic carbocycles. The van der Waals surface area contributed by atoms with Gasteiger partial charge in [0.05, 0.1) is 23.8 Å². The average Bonchev–Trinajstić information content (AvgIpc) is 2.55. The summed E-state index contributed by atoms with van der Waals surface area (Å²) in [5.41, 5.74) is 2.03. The lowest BCUT2D eigenvalue weighted by Crippen LogP contribution is -2.43. The van der Waals surface area contributed by atoms with Crippen LogP contribution >= 0.6 is 0 Å². The van der Waals surface area contributed by atoms with Gasteiger partial charge in [0.2, 0.25) is 0 Å². The van der Waals surface area contributed by atoms with Crippen LogP contribution in [0.3, 0.4) is 0 Å². The van der Waals surface area contributed by atoms with E-state index in [1.807, 2.05) is 30.5 Å². The van der Waals surface area contributed by atoms with E-state index >= 15 is 0 Å². The van der Waals surface area contributed by atoms with Crippen LogP contribution in [0.15, 0.2) is 42.9 Å². The monoisotopic (exact) mass is 270 g/mol. The molecule has 104 valence electrons. The standard InChI is InChI=1S/C15H18N4O/c1-2-4-18-13(3-1)12-20-15-9-14(10-17-11-15)19-7-5-16-6-8-19/h1-4,9-11,16H,5-8,12H2. The van der Waals surface area contributed by atoms with E-state index in [0.29, 0.717) is 6.61 Å². The molecule has 0 radical (unpaired) electrons. The number of hydrogen-bond acceptors (Lipinski definition) is 5. The van der Waals surface area contributed by atoms with E-state index in [1.165, 1.54) is 0 Å². The maximum Gasteiger partial charge on any atom is 0.140 e. The lowest BCUT2D eigenvalue weighted by atomic mass is 10.3. The van der Waals surface area contributed by atoms with Crippen molar-refractivity contribution in [1.82, 2.24) is 15.3 Å². The second-order valence-corrected chi connectivity index (χ2v) is 4.73. The van der Waals surface area contributed by atoms with E-state index in [-0.39, 0.29) is 0 Å². The van der Waals surface area contributed by atoms with E-state index in [0.717, 1.165) is 43.3 Å². The van der Waals surface area contributed by atoms with Gasteiger partial charge in [0.1, 0.15) is 12.4 Å². The number of aromatic nitrogens is 2. The van der Waals surface area contributed by atoms with Gasteiger partial charge >= 0.3 is 0 Å². The molecule has 3 rings (SSSR count). The molecule has 5 heteroatoms. The number of piperazine rings is 1. The van der Waals surface area contributed by atoms with Gasteiger partial charge in [-0.25, -0.2) is 0 Å². The number of nitrogens with one attached hydrogen (secondary N) is 1. The summed E-state index contributed by atoms with van der Waals surface area (Å²) < 4.78 is 5.76. The Morgan fingerprint density at radius 3 is 2.90 bits per heavy atom. The van der Waals surface area contributed by atoms with Crippen molar-refractivity contribution in [2.45, 2.75) is 6.61 Å². The van der Waals surface area contributed by atoms with Crippen LogP contribution in [0.25, 0.3) is 0 Å². The molecule has 1 fully saturated rings. The first kappa shape index (κ1) is 12.9. The fraction of sp³-hybridized carbons (Fsp3) is 0.333. The van der Waals surface area contributed by atoms with Gasteiger partial charge in [-0.15, -0.1) is 0 Å². The summed E-state index contributed by atoms with van der Waals surface area (Å²) in [6.45, 7) is 4.50. The topological polar surface area (TPSA) is 50.3 Å². The highest BCUT2D eigenvalue weighted by Gasteiger charge is 2.11. The van der Waals surface area contributed by atoms with E-state index in [1.54, 1.807) is 12.4 Å². The molecule has 2 aromatic heterocycles.